The van der Waals surface area contributed by atoms with Crippen LogP contribution in [0.2, 0.25) is 0 Å². The highest BCUT2D eigenvalue weighted by Crippen LogP contribution is 2.41. The van der Waals surface area contributed by atoms with Crippen LogP contribution >= 0.6 is 0 Å². The number of nitrogens with one attached hydrogen (secondary N) is 1. The number of halogens is 5. The number of aromatic nitrogens is 5. The number of fused-ring (bicyclic) bond motifs is 2. The summed E-state index contributed by atoms with van der Waals surface area (Å²) >= 11 is 0. The number of rotatable bonds is 5. The molecule has 3 aromatic rings. The lowest BCUT2D eigenvalue weighted by atomic mass is 10.0. The molecule has 3 aromatic heterocycles. The van der Waals surface area contributed by atoms with Crippen molar-refractivity contribution >= 4 is 22.8 Å². The van der Waals surface area contributed by atoms with Crippen molar-refractivity contribution in [1.82, 2.24) is 24.7 Å². The molecule has 7 nitrogen and oxygen atoms in total. The van der Waals surface area contributed by atoms with Gasteiger partial charge in [0.15, 0.2) is 5.65 Å². The van der Waals surface area contributed by atoms with Crippen molar-refractivity contribution in [2.24, 2.45) is 11.8 Å². The molecule has 32 heavy (non-hydrogen) atoms. The largest absolute Gasteiger partial charge is 0.416 e. The molecule has 0 unspecified atom stereocenters. The summed E-state index contributed by atoms with van der Waals surface area (Å²) in [6, 6.07) is 2.20. The van der Waals surface area contributed by atoms with Gasteiger partial charge in [0.25, 0.3) is 6.43 Å². The number of pyridine rings is 1. The third-order valence-corrected chi connectivity index (χ3v) is 6.16. The van der Waals surface area contributed by atoms with Gasteiger partial charge in [0.05, 0.1) is 18.0 Å². The molecule has 12 heteroatoms. The maximum absolute atomic E-state index is 13.0. The van der Waals surface area contributed by atoms with Crippen molar-refractivity contribution in [3.8, 4) is 0 Å². The quantitative estimate of drug-likeness (QED) is 0.592. The summed E-state index contributed by atoms with van der Waals surface area (Å²) in [7, 11) is 0. The molecule has 1 N–H and O–H groups in total. The highest BCUT2D eigenvalue weighted by Gasteiger charge is 2.42. The summed E-state index contributed by atoms with van der Waals surface area (Å²) in [5, 5.41) is 7.25. The van der Waals surface area contributed by atoms with Gasteiger partial charge in [-0.1, -0.05) is 0 Å². The third-order valence-electron chi connectivity index (χ3n) is 6.16. The molecule has 1 aliphatic heterocycles. The Morgan fingerprint density at radius 2 is 1.84 bits per heavy atom. The van der Waals surface area contributed by atoms with E-state index in [4.69, 9.17) is 0 Å². The fourth-order valence-electron chi connectivity index (χ4n) is 4.76. The Labute approximate surface area is 179 Å². The Morgan fingerprint density at radius 1 is 1.09 bits per heavy atom. The summed E-state index contributed by atoms with van der Waals surface area (Å²) in [5.41, 5.74) is 0.0539. The topological polar surface area (TPSA) is 71.8 Å². The maximum atomic E-state index is 13.0. The van der Waals surface area contributed by atoms with Crippen molar-refractivity contribution in [2.45, 2.75) is 38.0 Å². The summed E-state index contributed by atoms with van der Waals surface area (Å²) in [4.78, 5) is 14.7. The van der Waals surface area contributed by atoms with Crippen molar-refractivity contribution in [1.29, 1.82) is 0 Å². The van der Waals surface area contributed by atoms with Gasteiger partial charge in [0.1, 0.15) is 23.7 Å². The molecule has 0 radical (unpaired) electrons. The predicted octanol–water partition coefficient (Wildman–Crippen LogP) is 3.83. The lowest BCUT2D eigenvalue weighted by Gasteiger charge is -2.21. The molecule has 4 heterocycles. The van der Waals surface area contributed by atoms with E-state index in [1.165, 1.54) is 12.4 Å². The number of hydrogen-bond donors (Lipinski definition) is 1. The van der Waals surface area contributed by atoms with E-state index in [0.29, 0.717) is 47.7 Å². The van der Waals surface area contributed by atoms with E-state index in [0.717, 1.165) is 29.7 Å². The van der Waals surface area contributed by atoms with Crippen LogP contribution in [0.25, 0.3) is 11.2 Å². The second kappa shape index (κ2) is 7.82. The van der Waals surface area contributed by atoms with Crippen LogP contribution in [0, 0.1) is 11.8 Å². The zero-order chi connectivity index (χ0) is 22.5. The Kier molecular flexibility index (Phi) is 5.09. The minimum absolute atomic E-state index is 0.125. The fraction of sp³-hybridized carbons (Fsp3) is 0.500. The fourth-order valence-corrected chi connectivity index (χ4v) is 4.76. The van der Waals surface area contributed by atoms with Crippen molar-refractivity contribution in [2.75, 3.05) is 23.3 Å². The van der Waals surface area contributed by atoms with Gasteiger partial charge in [-0.15, -0.1) is 0 Å². The van der Waals surface area contributed by atoms with Crippen LogP contribution in [-0.4, -0.2) is 50.3 Å². The molecule has 0 spiro atoms. The first-order valence-electron chi connectivity index (χ1n) is 10.3. The molecule has 170 valence electrons. The van der Waals surface area contributed by atoms with Crippen LogP contribution < -0.4 is 10.2 Å². The molecule has 0 amide bonds. The standard InChI is InChI=1S/C20H20F5N7/c21-16(22)10-32-19-15(6-28-32)27-7-17(30-19)29-14-3-11-8-31(9-12(11)4-14)18-5-13(1-2-26-18)20(23,24)25/h1-2,5-7,11-12,14,16H,3-4,8-10H2,(H,29,30)/t11-,12+,14+. The summed E-state index contributed by atoms with van der Waals surface area (Å²) < 4.78 is 65.6. The summed E-state index contributed by atoms with van der Waals surface area (Å²) in [6.45, 7) is 0.737. The van der Waals surface area contributed by atoms with Crippen LogP contribution in [-0.2, 0) is 12.7 Å². The lowest BCUT2D eigenvalue weighted by molar-refractivity contribution is -0.137. The van der Waals surface area contributed by atoms with Crippen LogP contribution in [0.1, 0.15) is 18.4 Å². The molecule has 1 saturated carbocycles. The normalized spacial score (nSPS) is 23.3. The minimum atomic E-state index is -4.39. The molecule has 0 aromatic carbocycles. The first-order valence-corrected chi connectivity index (χ1v) is 10.3. The smallest absolute Gasteiger partial charge is 0.366 e. The molecule has 2 aliphatic rings. The average Bonchev–Trinajstić information content (AvgIpc) is 3.41. The monoisotopic (exact) mass is 453 g/mol. The Bertz CT molecular complexity index is 1100. The third kappa shape index (κ3) is 4.05. The molecular formula is C20H20F5N7. The first kappa shape index (κ1) is 20.8. The number of hydrogen-bond acceptors (Lipinski definition) is 6. The van der Waals surface area contributed by atoms with Gasteiger partial charge in [0, 0.05) is 25.3 Å². The van der Waals surface area contributed by atoms with E-state index in [1.54, 1.807) is 6.20 Å². The van der Waals surface area contributed by atoms with Gasteiger partial charge in [0.2, 0.25) is 0 Å². The zero-order valence-corrected chi connectivity index (χ0v) is 16.8. The van der Waals surface area contributed by atoms with Gasteiger partial charge in [-0.25, -0.2) is 28.4 Å². The van der Waals surface area contributed by atoms with E-state index in [9.17, 15) is 22.0 Å². The maximum Gasteiger partial charge on any atom is 0.416 e. The highest BCUT2D eigenvalue weighted by molar-refractivity contribution is 5.71. The van der Waals surface area contributed by atoms with Crippen LogP contribution in [0.4, 0.5) is 33.6 Å². The number of nitrogens with zero attached hydrogens (tertiary/aromatic N) is 6. The summed E-state index contributed by atoms with van der Waals surface area (Å²) in [6.07, 6.45) is -1.11. The predicted molar refractivity (Wildman–Crippen MR) is 106 cm³/mol. The molecule has 5 rings (SSSR count). The second-order valence-corrected chi connectivity index (χ2v) is 8.32. The highest BCUT2D eigenvalue weighted by atomic mass is 19.4. The average molecular weight is 453 g/mol. The van der Waals surface area contributed by atoms with Crippen LogP contribution in [0.15, 0.2) is 30.7 Å². The summed E-state index contributed by atoms with van der Waals surface area (Å²) in [5.74, 6) is 1.49. The van der Waals surface area contributed by atoms with Crippen LogP contribution in [0.5, 0.6) is 0 Å². The number of alkyl halides is 5. The molecular weight excluding hydrogens is 433 g/mol. The Hall–Kier alpha value is -3.05. The minimum Gasteiger partial charge on any atom is -0.366 e. The van der Waals surface area contributed by atoms with Gasteiger partial charge in [-0.05, 0) is 36.8 Å². The van der Waals surface area contributed by atoms with Crippen molar-refractivity contribution in [3.63, 3.8) is 0 Å². The van der Waals surface area contributed by atoms with Gasteiger partial charge in [-0.2, -0.15) is 18.3 Å². The van der Waals surface area contributed by atoms with E-state index >= 15 is 0 Å². The SMILES string of the molecule is FC(F)Cn1ncc2ncc(N[C@H]3C[C@@H]4CN(c5cc(C(F)(F)F)ccn5)C[C@@H]4C3)nc21. The van der Waals surface area contributed by atoms with E-state index < -0.39 is 24.7 Å². The van der Waals surface area contributed by atoms with Gasteiger partial charge >= 0.3 is 6.18 Å². The zero-order valence-electron chi connectivity index (χ0n) is 16.8. The molecule has 1 aliphatic carbocycles. The Morgan fingerprint density at radius 3 is 2.53 bits per heavy atom. The number of anilines is 2. The van der Waals surface area contributed by atoms with Gasteiger partial charge < -0.3 is 10.2 Å². The van der Waals surface area contributed by atoms with E-state index in [-0.39, 0.29) is 6.04 Å². The first-order chi connectivity index (χ1) is 15.3. The van der Waals surface area contributed by atoms with Crippen molar-refractivity contribution < 1.29 is 22.0 Å². The van der Waals surface area contributed by atoms with E-state index in [2.05, 4.69) is 25.4 Å². The second-order valence-electron chi connectivity index (χ2n) is 8.32. The van der Waals surface area contributed by atoms with Crippen LogP contribution in [0.3, 0.4) is 0 Å². The molecule has 0 bridgehead atoms. The van der Waals surface area contributed by atoms with Crippen molar-refractivity contribution in [3.05, 3.63) is 36.3 Å². The van der Waals surface area contributed by atoms with Gasteiger partial charge in [-0.3, -0.25) is 0 Å². The molecule has 3 atom stereocenters. The Balaban J connectivity index is 1.23. The molecule has 2 fully saturated rings. The van der Waals surface area contributed by atoms with E-state index in [1.807, 2.05) is 4.90 Å². The lowest BCUT2D eigenvalue weighted by Crippen LogP contribution is -2.26. The molecule has 1 saturated heterocycles.